The highest BCUT2D eigenvalue weighted by Gasteiger charge is 2.22. The highest BCUT2D eigenvalue weighted by molar-refractivity contribution is 7.92. The Bertz CT molecular complexity index is 966. The quantitative estimate of drug-likeness (QED) is 0.691. The highest BCUT2D eigenvalue weighted by Crippen LogP contribution is 2.30. The van der Waals surface area contributed by atoms with Crippen molar-refractivity contribution < 1.29 is 37.0 Å². The molecular formula is C18H19NO8S. The van der Waals surface area contributed by atoms with Gasteiger partial charge in [0.05, 0.1) is 45.3 Å². The molecule has 2 rings (SSSR count). The van der Waals surface area contributed by atoms with Gasteiger partial charge in [0.1, 0.15) is 16.4 Å². The molecule has 0 bridgehead atoms. The third kappa shape index (κ3) is 4.52. The molecule has 0 atom stereocenters. The molecule has 2 aromatic rings. The summed E-state index contributed by atoms with van der Waals surface area (Å²) in [5, 5.41) is 0. The van der Waals surface area contributed by atoms with Crippen LogP contribution in [0.4, 0.5) is 5.69 Å². The Morgan fingerprint density at radius 1 is 0.821 bits per heavy atom. The average molecular weight is 409 g/mol. The second-order valence-electron chi connectivity index (χ2n) is 5.40. The number of anilines is 1. The lowest BCUT2D eigenvalue weighted by atomic mass is 10.1. The van der Waals surface area contributed by atoms with E-state index in [1.807, 2.05) is 0 Å². The van der Waals surface area contributed by atoms with Gasteiger partial charge in [-0.1, -0.05) is 0 Å². The molecule has 0 saturated heterocycles. The van der Waals surface area contributed by atoms with Crippen LogP contribution < -0.4 is 14.2 Å². The first-order valence-electron chi connectivity index (χ1n) is 7.82. The van der Waals surface area contributed by atoms with Crippen molar-refractivity contribution in [3.8, 4) is 11.5 Å². The Morgan fingerprint density at radius 2 is 1.39 bits per heavy atom. The van der Waals surface area contributed by atoms with Crippen molar-refractivity contribution >= 4 is 27.6 Å². The Balaban J connectivity index is 2.51. The number of hydrogen-bond acceptors (Lipinski definition) is 8. The zero-order chi connectivity index (χ0) is 20.9. The maximum Gasteiger partial charge on any atom is 0.337 e. The summed E-state index contributed by atoms with van der Waals surface area (Å²) < 4.78 is 47.4. The van der Waals surface area contributed by atoms with Crippen molar-refractivity contribution in [1.29, 1.82) is 0 Å². The molecule has 0 unspecified atom stereocenters. The number of benzene rings is 2. The minimum atomic E-state index is -4.11. The molecule has 1 N–H and O–H groups in total. The lowest BCUT2D eigenvalue weighted by molar-refractivity contribution is 0.0599. The van der Waals surface area contributed by atoms with Crippen LogP contribution in [0.3, 0.4) is 0 Å². The lowest BCUT2D eigenvalue weighted by Crippen LogP contribution is -2.16. The van der Waals surface area contributed by atoms with Crippen LogP contribution in [0.2, 0.25) is 0 Å². The first kappa shape index (κ1) is 21.0. The number of rotatable bonds is 7. The molecule has 28 heavy (non-hydrogen) atoms. The van der Waals surface area contributed by atoms with Crippen LogP contribution in [0.15, 0.2) is 41.3 Å². The fraction of sp³-hybridized carbons (Fsp3) is 0.222. The van der Waals surface area contributed by atoms with Crippen LogP contribution in [0, 0.1) is 0 Å². The molecule has 9 nitrogen and oxygen atoms in total. The third-order valence-corrected chi connectivity index (χ3v) is 5.11. The van der Waals surface area contributed by atoms with E-state index in [1.165, 1.54) is 64.8 Å². The van der Waals surface area contributed by atoms with Crippen LogP contribution in [0.1, 0.15) is 20.7 Å². The number of sulfonamides is 1. The van der Waals surface area contributed by atoms with Crippen molar-refractivity contribution in [2.24, 2.45) is 0 Å². The number of carbonyl (C=O) groups is 2. The van der Waals surface area contributed by atoms with Crippen LogP contribution >= 0.6 is 0 Å². The van der Waals surface area contributed by atoms with Crippen LogP contribution in [-0.4, -0.2) is 48.8 Å². The van der Waals surface area contributed by atoms with E-state index in [-0.39, 0.29) is 27.5 Å². The summed E-state index contributed by atoms with van der Waals surface area (Å²) in [6.07, 6.45) is 0. The highest BCUT2D eigenvalue weighted by atomic mass is 32.2. The summed E-state index contributed by atoms with van der Waals surface area (Å²) in [7, 11) is 0.976. The first-order valence-corrected chi connectivity index (χ1v) is 9.30. The van der Waals surface area contributed by atoms with Gasteiger partial charge in [-0.25, -0.2) is 18.0 Å². The Morgan fingerprint density at radius 3 is 1.86 bits per heavy atom. The summed E-state index contributed by atoms with van der Waals surface area (Å²) in [6.45, 7) is 0. The number of carbonyl (C=O) groups excluding carboxylic acids is 2. The molecule has 0 aliphatic heterocycles. The molecular weight excluding hydrogens is 390 g/mol. The van der Waals surface area contributed by atoms with Crippen LogP contribution in [0.25, 0.3) is 0 Å². The van der Waals surface area contributed by atoms with Gasteiger partial charge >= 0.3 is 11.9 Å². The number of ether oxygens (including phenoxy) is 4. The summed E-state index contributed by atoms with van der Waals surface area (Å²) in [5.74, 6) is -1.01. The molecule has 0 aromatic heterocycles. The molecule has 0 spiro atoms. The maximum atomic E-state index is 12.8. The second kappa shape index (κ2) is 8.61. The summed E-state index contributed by atoms with van der Waals surface area (Å²) in [5.41, 5.74) is -0.0734. The molecule has 10 heteroatoms. The molecule has 0 fully saturated rings. The second-order valence-corrected chi connectivity index (χ2v) is 7.06. The number of hydrogen-bond donors (Lipinski definition) is 1. The minimum Gasteiger partial charge on any atom is -0.497 e. The van der Waals surface area contributed by atoms with E-state index < -0.39 is 22.0 Å². The smallest absolute Gasteiger partial charge is 0.337 e. The van der Waals surface area contributed by atoms with Gasteiger partial charge in [-0.15, -0.1) is 0 Å². The molecule has 2 aromatic carbocycles. The van der Waals surface area contributed by atoms with Gasteiger partial charge in [0, 0.05) is 6.07 Å². The largest absolute Gasteiger partial charge is 0.497 e. The van der Waals surface area contributed by atoms with E-state index >= 15 is 0 Å². The Kier molecular flexibility index (Phi) is 6.47. The first-order chi connectivity index (χ1) is 13.2. The zero-order valence-electron chi connectivity index (χ0n) is 15.6. The molecule has 150 valence electrons. The fourth-order valence-corrected chi connectivity index (χ4v) is 3.56. The predicted octanol–water partition coefficient (Wildman–Crippen LogP) is 2.08. The van der Waals surface area contributed by atoms with Crippen molar-refractivity contribution in [3.63, 3.8) is 0 Å². The number of nitrogens with one attached hydrogen (secondary N) is 1. The predicted molar refractivity (Wildman–Crippen MR) is 99.5 cm³/mol. The minimum absolute atomic E-state index is 0.0233. The monoisotopic (exact) mass is 409 g/mol. The average Bonchev–Trinajstić information content (AvgIpc) is 2.71. The normalized spacial score (nSPS) is 10.7. The van der Waals surface area contributed by atoms with Crippen molar-refractivity contribution in [2.45, 2.75) is 4.90 Å². The molecule has 0 heterocycles. The molecule has 0 aliphatic rings. The van der Waals surface area contributed by atoms with Gasteiger partial charge in [-0.3, -0.25) is 4.72 Å². The van der Waals surface area contributed by atoms with Gasteiger partial charge in [0.15, 0.2) is 0 Å². The molecule has 0 amide bonds. The summed E-state index contributed by atoms with van der Waals surface area (Å²) in [6, 6.07) is 7.91. The van der Waals surface area contributed by atoms with E-state index in [4.69, 9.17) is 9.47 Å². The van der Waals surface area contributed by atoms with Crippen molar-refractivity contribution in [2.75, 3.05) is 33.2 Å². The van der Waals surface area contributed by atoms with Gasteiger partial charge < -0.3 is 18.9 Å². The van der Waals surface area contributed by atoms with Gasteiger partial charge in [-0.05, 0) is 30.3 Å². The zero-order valence-corrected chi connectivity index (χ0v) is 16.5. The van der Waals surface area contributed by atoms with Gasteiger partial charge in [0.2, 0.25) is 0 Å². The number of esters is 2. The van der Waals surface area contributed by atoms with Crippen LogP contribution in [-0.2, 0) is 19.5 Å². The fourth-order valence-electron chi connectivity index (χ4n) is 2.36. The van der Waals surface area contributed by atoms with E-state index in [1.54, 1.807) is 0 Å². The SMILES string of the molecule is COC(=O)c1cc(NS(=O)(=O)c2ccc(OC)cc2OC)cc(C(=O)OC)c1. The van der Waals surface area contributed by atoms with E-state index in [0.717, 1.165) is 0 Å². The molecule has 0 saturated carbocycles. The molecule has 0 aliphatic carbocycles. The lowest BCUT2D eigenvalue weighted by Gasteiger charge is -2.14. The number of methoxy groups -OCH3 is 4. The van der Waals surface area contributed by atoms with Crippen molar-refractivity contribution in [1.82, 2.24) is 0 Å². The standard InChI is InChI=1S/C18H19NO8S/c1-24-14-5-6-16(15(10-14)25-2)28(22,23)19-13-8-11(17(20)26-3)7-12(9-13)18(21)27-4/h5-10,19H,1-4H3. The van der Waals surface area contributed by atoms with Crippen LogP contribution in [0.5, 0.6) is 11.5 Å². The molecule has 0 radical (unpaired) electrons. The van der Waals surface area contributed by atoms with Gasteiger partial charge in [0.25, 0.3) is 10.0 Å². The van der Waals surface area contributed by atoms with E-state index in [0.29, 0.717) is 5.75 Å². The Labute approximate surface area is 162 Å². The van der Waals surface area contributed by atoms with E-state index in [2.05, 4.69) is 14.2 Å². The van der Waals surface area contributed by atoms with Crippen molar-refractivity contribution in [3.05, 3.63) is 47.5 Å². The van der Waals surface area contributed by atoms with Gasteiger partial charge in [-0.2, -0.15) is 0 Å². The van der Waals surface area contributed by atoms with E-state index in [9.17, 15) is 18.0 Å². The third-order valence-electron chi connectivity index (χ3n) is 3.69. The maximum absolute atomic E-state index is 12.8. The summed E-state index contributed by atoms with van der Waals surface area (Å²) in [4.78, 5) is 23.5. The topological polar surface area (TPSA) is 117 Å². The Hall–Kier alpha value is -3.27. The summed E-state index contributed by atoms with van der Waals surface area (Å²) >= 11 is 0.